The van der Waals surface area contributed by atoms with Crippen LogP contribution in [0.4, 0.5) is 0 Å². The van der Waals surface area contributed by atoms with E-state index in [2.05, 4.69) is 15.5 Å². The Bertz CT molecular complexity index is 970. The van der Waals surface area contributed by atoms with Gasteiger partial charge in [0.15, 0.2) is 5.69 Å². The first-order valence-corrected chi connectivity index (χ1v) is 9.92. The SMILES string of the molecule is Cc1c(-n2nnnc2SC2CCCOCC2)c(=O)n(-c2ccccc2)n1C. The topological polar surface area (TPSA) is 79.8 Å². The Morgan fingerprint density at radius 3 is 2.81 bits per heavy atom. The van der Waals surface area contributed by atoms with E-state index in [0.29, 0.717) is 16.1 Å². The quantitative estimate of drug-likeness (QED) is 0.683. The highest BCUT2D eigenvalue weighted by molar-refractivity contribution is 7.99. The Labute approximate surface area is 161 Å². The van der Waals surface area contributed by atoms with Crippen molar-refractivity contribution in [1.82, 2.24) is 29.6 Å². The van der Waals surface area contributed by atoms with Crippen LogP contribution in [0, 0.1) is 6.92 Å². The number of para-hydroxylation sites is 1. The normalized spacial score (nSPS) is 17.8. The molecule has 0 amide bonds. The third-order valence-electron chi connectivity index (χ3n) is 4.85. The minimum absolute atomic E-state index is 0.139. The second-order valence-corrected chi connectivity index (χ2v) is 7.83. The summed E-state index contributed by atoms with van der Waals surface area (Å²) in [6.45, 7) is 3.47. The number of hydrogen-bond acceptors (Lipinski definition) is 6. The Morgan fingerprint density at radius 2 is 2.00 bits per heavy atom. The lowest BCUT2D eigenvalue weighted by Crippen LogP contribution is -2.22. The van der Waals surface area contributed by atoms with E-state index in [1.54, 1.807) is 21.1 Å². The van der Waals surface area contributed by atoms with Gasteiger partial charge in [0.05, 0.1) is 11.4 Å². The van der Waals surface area contributed by atoms with Gasteiger partial charge in [-0.25, -0.2) is 4.68 Å². The molecule has 1 fully saturated rings. The van der Waals surface area contributed by atoms with Crippen molar-refractivity contribution < 1.29 is 4.74 Å². The number of thioether (sulfide) groups is 1. The largest absolute Gasteiger partial charge is 0.381 e. The van der Waals surface area contributed by atoms with Gasteiger partial charge in [-0.2, -0.15) is 4.68 Å². The Morgan fingerprint density at radius 1 is 1.19 bits per heavy atom. The number of nitrogens with zero attached hydrogens (tertiary/aromatic N) is 6. The summed E-state index contributed by atoms with van der Waals surface area (Å²) >= 11 is 1.62. The third kappa shape index (κ3) is 3.44. The van der Waals surface area contributed by atoms with Crippen LogP contribution in [0.3, 0.4) is 0 Å². The molecule has 3 aromatic rings. The van der Waals surface area contributed by atoms with Crippen LogP contribution in [0.1, 0.15) is 25.0 Å². The van der Waals surface area contributed by atoms with E-state index in [9.17, 15) is 4.79 Å². The summed E-state index contributed by atoms with van der Waals surface area (Å²) in [4.78, 5) is 13.2. The van der Waals surface area contributed by atoms with E-state index in [0.717, 1.165) is 43.9 Å². The summed E-state index contributed by atoms with van der Waals surface area (Å²) < 4.78 is 10.6. The first-order valence-electron chi connectivity index (χ1n) is 9.04. The lowest BCUT2D eigenvalue weighted by molar-refractivity contribution is 0.144. The summed E-state index contributed by atoms with van der Waals surface area (Å²) in [6, 6.07) is 9.57. The van der Waals surface area contributed by atoms with Gasteiger partial charge in [-0.05, 0) is 48.7 Å². The molecule has 8 nitrogen and oxygen atoms in total. The van der Waals surface area contributed by atoms with Crippen LogP contribution < -0.4 is 5.56 Å². The van der Waals surface area contributed by atoms with Gasteiger partial charge in [0.2, 0.25) is 5.16 Å². The molecule has 2 aromatic heterocycles. The van der Waals surface area contributed by atoms with Crippen LogP contribution in [0.2, 0.25) is 0 Å². The van der Waals surface area contributed by atoms with E-state index >= 15 is 0 Å². The lowest BCUT2D eigenvalue weighted by atomic mass is 10.2. The number of rotatable bonds is 4. The first kappa shape index (κ1) is 18.0. The number of benzene rings is 1. The summed E-state index contributed by atoms with van der Waals surface area (Å²) in [6.07, 6.45) is 3.05. The van der Waals surface area contributed by atoms with Crippen molar-refractivity contribution >= 4 is 11.8 Å². The Kier molecular flexibility index (Phi) is 5.13. The molecule has 0 spiro atoms. The van der Waals surface area contributed by atoms with Gasteiger partial charge in [0.1, 0.15) is 0 Å². The maximum Gasteiger partial charge on any atom is 0.297 e. The fraction of sp³-hybridized carbons (Fsp3) is 0.444. The average molecular weight is 386 g/mol. The van der Waals surface area contributed by atoms with Gasteiger partial charge in [-0.1, -0.05) is 30.0 Å². The highest BCUT2D eigenvalue weighted by atomic mass is 32.2. The number of hydrogen-bond donors (Lipinski definition) is 0. The van der Waals surface area contributed by atoms with Gasteiger partial charge in [0.25, 0.3) is 5.56 Å². The second-order valence-electron chi connectivity index (χ2n) is 6.57. The maximum absolute atomic E-state index is 13.2. The van der Waals surface area contributed by atoms with Crippen LogP contribution in [-0.2, 0) is 11.8 Å². The molecule has 3 heterocycles. The summed E-state index contributed by atoms with van der Waals surface area (Å²) in [5.74, 6) is 0. The number of tetrazole rings is 1. The minimum Gasteiger partial charge on any atom is -0.381 e. The lowest BCUT2D eigenvalue weighted by Gasteiger charge is -2.11. The number of ether oxygens (including phenoxy) is 1. The van der Waals surface area contributed by atoms with Crippen LogP contribution >= 0.6 is 11.8 Å². The van der Waals surface area contributed by atoms with Crippen molar-refractivity contribution in [3.05, 3.63) is 46.4 Å². The van der Waals surface area contributed by atoms with Crippen molar-refractivity contribution in [1.29, 1.82) is 0 Å². The van der Waals surface area contributed by atoms with Crippen LogP contribution in [0.15, 0.2) is 40.3 Å². The van der Waals surface area contributed by atoms with E-state index < -0.39 is 0 Å². The molecule has 0 radical (unpaired) electrons. The standard InChI is InChI=1S/C18H22N6O2S/c1-13-16(17(25)24(22(13)2)14-7-4-3-5-8-14)23-18(19-20-21-23)27-15-9-6-11-26-12-10-15/h3-5,7-8,15H,6,9-12H2,1-2H3. The molecule has 0 saturated carbocycles. The number of aromatic nitrogens is 6. The Balaban J connectivity index is 1.73. The van der Waals surface area contributed by atoms with Crippen LogP contribution in [-0.4, -0.2) is 48.0 Å². The van der Waals surface area contributed by atoms with Gasteiger partial charge in [0, 0.05) is 25.5 Å². The molecule has 1 aliphatic rings. The highest BCUT2D eigenvalue weighted by Crippen LogP contribution is 2.29. The fourth-order valence-electron chi connectivity index (χ4n) is 3.33. The predicted molar refractivity (Wildman–Crippen MR) is 103 cm³/mol. The average Bonchev–Trinajstić information content (AvgIpc) is 3.07. The fourth-order valence-corrected chi connectivity index (χ4v) is 4.44. The molecule has 0 N–H and O–H groups in total. The van der Waals surface area contributed by atoms with Crippen molar-refractivity contribution in [2.24, 2.45) is 7.05 Å². The molecular formula is C18H22N6O2S. The molecule has 142 valence electrons. The maximum atomic E-state index is 13.2. The molecule has 9 heteroatoms. The molecule has 0 bridgehead atoms. The van der Waals surface area contributed by atoms with Gasteiger partial charge in [-0.3, -0.25) is 9.48 Å². The summed E-state index contributed by atoms with van der Waals surface area (Å²) in [7, 11) is 1.87. The van der Waals surface area contributed by atoms with Crippen molar-refractivity contribution in [3.63, 3.8) is 0 Å². The molecular weight excluding hydrogens is 364 g/mol. The van der Waals surface area contributed by atoms with Crippen molar-refractivity contribution in [3.8, 4) is 11.4 Å². The van der Waals surface area contributed by atoms with Crippen LogP contribution in [0.25, 0.3) is 11.4 Å². The zero-order valence-corrected chi connectivity index (χ0v) is 16.2. The monoisotopic (exact) mass is 386 g/mol. The van der Waals surface area contributed by atoms with Gasteiger partial charge in [-0.15, -0.1) is 5.10 Å². The van der Waals surface area contributed by atoms with Crippen LogP contribution in [0.5, 0.6) is 0 Å². The second kappa shape index (κ2) is 7.69. The Hall–Kier alpha value is -2.39. The van der Waals surface area contributed by atoms with Gasteiger partial charge < -0.3 is 4.74 Å². The van der Waals surface area contributed by atoms with Gasteiger partial charge >= 0.3 is 0 Å². The van der Waals surface area contributed by atoms with E-state index in [4.69, 9.17) is 4.74 Å². The smallest absolute Gasteiger partial charge is 0.297 e. The van der Waals surface area contributed by atoms with E-state index in [1.807, 2.05) is 49.0 Å². The molecule has 27 heavy (non-hydrogen) atoms. The minimum atomic E-state index is -0.139. The third-order valence-corrected chi connectivity index (χ3v) is 6.12. The molecule has 4 rings (SSSR count). The molecule has 1 atom stereocenters. The molecule has 1 aromatic carbocycles. The van der Waals surface area contributed by atoms with Crippen molar-refractivity contribution in [2.45, 2.75) is 36.6 Å². The van der Waals surface area contributed by atoms with E-state index in [1.165, 1.54) is 0 Å². The van der Waals surface area contributed by atoms with E-state index in [-0.39, 0.29) is 5.56 Å². The summed E-state index contributed by atoms with van der Waals surface area (Å²) in [5, 5.41) is 13.2. The molecule has 1 unspecified atom stereocenters. The van der Waals surface area contributed by atoms with Crippen molar-refractivity contribution in [2.75, 3.05) is 13.2 Å². The zero-order valence-electron chi connectivity index (χ0n) is 15.4. The predicted octanol–water partition coefficient (Wildman–Crippen LogP) is 2.12. The first-order chi connectivity index (χ1) is 13.2. The highest BCUT2D eigenvalue weighted by Gasteiger charge is 2.24. The molecule has 1 saturated heterocycles. The molecule has 1 aliphatic heterocycles. The zero-order chi connectivity index (χ0) is 18.8. The summed E-state index contributed by atoms with van der Waals surface area (Å²) in [5.41, 5.74) is 1.96. The molecule has 0 aliphatic carbocycles.